The fourth-order valence-corrected chi connectivity index (χ4v) is 1.09. The van der Waals surface area contributed by atoms with Crippen LogP contribution in [0.25, 0.3) is 0 Å². The molecule has 0 saturated heterocycles. The van der Waals surface area contributed by atoms with Crippen molar-refractivity contribution >= 4 is 23.6 Å². The van der Waals surface area contributed by atoms with E-state index < -0.39 is 0 Å². The zero-order chi connectivity index (χ0) is 8.27. The molecule has 0 spiro atoms. The Bertz CT molecular complexity index is 273. The fraction of sp³-hybridized carbons (Fsp3) is 0.125. The van der Waals surface area contributed by atoms with Gasteiger partial charge in [-0.15, -0.1) is 0 Å². The average Bonchev–Trinajstić information content (AvgIpc) is 2.04. The van der Waals surface area contributed by atoms with Crippen molar-refractivity contribution in [3.8, 4) is 0 Å². The Kier molecular flexibility index (Phi) is 2.49. The van der Waals surface area contributed by atoms with Gasteiger partial charge in [0.05, 0.1) is 10.6 Å². The summed E-state index contributed by atoms with van der Waals surface area (Å²) < 4.78 is 0. The summed E-state index contributed by atoms with van der Waals surface area (Å²) in [6, 6.07) is 5.28. The van der Waals surface area contributed by atoms with E-state index in [4.69, 9.17) is 11.6 Å². The predicted octanol–water partition coefficient (Wildman–Crippen LogP) is 2.19. The quantitative estimate of drug-likeness (QED) is 0.688. The molecule has 0 aromatic heterocycles. The van der Waals surface area contributed by atoms with Gasteiger partial charge in [-0.05, 0) is 12.1 Å². The molecule has 1 aromatic carbocycles. The van der Waals surface area contributed by atoms with Crippen LogP contribution in [0.2, 0.25) is 5.02 Å². The van der Waals surface area contributed by atoms with E-state index in [0.717, 1.165) is 12.0 Å². The number of halogens is 1. The van der Waals surface area contributed by atoms with Crippen LogP contribution in [0.5, 0.6) is 0 Å². The van der Waals surface area contributed by atoms with Gasteiger partial charge < -0.3 is 5.32 Å². The lowest BCUT2D eigenvalue weighted by Crippen LogP contribution is -1.94. The second kappa shape index (κ2) is 3.39. The number of anilines is 1. The van der Waals surface area contributed by atoms with Crippen molar-refractivity contribution in [2.75, 3.05) is 12.4 Å². The van der Waals surface area contributed by atoms with Gasteiger partial charge in [-0.25, -0.2) is 0 Å². The van der Waals surface area contributed by atoms with Crippen molar-refractivity contribution in [2.24, 2.45) is 0 Å². The smallest absolute Gasteiger partial charge is 0.153 e. The second-order valence-electron chi connectivity index (χ2n) is 2.07. The molecule has 1 aromatic rings. The zero-order valence-electron chi connectivity index (χ0n) is 6.10. The van der Waals surface area contributed by atoms with Gasteiger partial charge >= 0.3 is 0 Å². The highest BCUT2D eigenvalue weighted by Gasteiger charge is 2.02. The topological polar surface area (TPSA) is 29.1 Å². The van der Waals surface area contributed by atoms with E-state index in [-0.39, 0.29) is 0 Å². The van der Waals surface area contributed by atoms with Gasteiger partial charge in [-0.1, -0.05) is 17.7 Å². The number of aldehydes is 1. The van der Waals surface area contributed by atoms with Crippen LogP contribution in [0.1, 0.15) is 10.4 Å². The molecule has 1 N–H and O–H groups in total. The molecule has 0 fully saturated rings. The standard InChI is InChI=1S/C8H8ClNO/c1-10-8-4-2-3-7(9)6(8)5-11/h2-5,10H,1H3. The van der Waals surface area contributed by atoms with Crippen molar-refractivity contribution in [2.45, 2.75) is 0 Å². The molecule has 3 heteroatoms. The van der Waals surface area contributed by atoms with Crippen LogP contribution in [0.3, 0.4) is 0 Å². The first kappa shape index (κ1) is 8.08. The highest BCUT2D eigenvalue weighted by Crippen LogP contribution is 2.21. The SMILES string of the molecule is CNc1cccc(Cl)c1C=O. The zero-order valence-corrected chi connectivity index (χ0v) is 6.85. The Hall–Kier alpha value is -1.02. The van der Waals surface area contributed by atoms with Gasteiger partial charge in [0.2, 0.25) is 0 Å². The Morgan fingerprint density at radius 3 is 2.73 bits per heavy atom. The van der Waals surface area contributed by atoms with Gasteiger partial charge in [-0.2, -0.15) is 0 Å². The van der Waals surface area contributed by atoms with E-state index >= 15 is 0 Å². The minimum absolute atomic E-state index is 0.479. The van der Waals surface area contributed by atoms with Gasteiger partial charge in [0.15, 0.2) is 6.29 Å². The molecule has 0 saturated carbocycles. The van der Waals surface area contributed by atoms with Gasteiger partial charge in [-0.3, -0.25) is 4.79 Å². The maximum atomic E-state index is 10.5. The van der Waals surface area contributed by atoms with Crippen LogP contribution in [0, 0.1) is 0 Å². The number of nitrogens with one attached hydrogen (secondary N) is 1. The maximum absolute atomic E-state index is 10.5. The number of rotatable bonds is 2. The molecule has 58 valence electrons. The number of carbonyl (C=O) groups excluding carboxylic acids is 1. The van der Waals surface area contributed by atoms with Crippen LogP contribution in [-0.4, -0.2) is 13.3 Å². The van der Waals surface area contributed by atoms with E-state index in [2.05, 4.69) is 5.32 Å². The van der Waals surface area contributed by atoms with E-state index in [1.165, 1.54) is 0 Å². The van der Waals surface area contributed by atoms with Crippen LogP contribution in [0.15, 0.2) is 18.2 Å². The third-order valence-electron chi connectivity index (χ3n) is 1.44. The summed E-state index contributed by atoms with van der Waals surface area (Å²) in [6.45, 7) is 0. The summed E-state index contributed by atoms with van der Waals surface area (Å²) in [5.41, 5.74) is 1.27. The average molecular weight is 170 g/mol. The third kappa shape index (κ3) is 1.52. The molecule has 0 radical (unpaired) electrons. The fourth-order valence-electron chi connectivity index (χ4n) is 0.875. The second-order valence-corrected chi connectivity index (χ2v) is 2.48. The minimum atomic E-state index is 0.479. The molecule has 0 bridgehead atoms. The largest absolute Gasteiger partial charge is 0.387 e. The summed E-state index contributed by atoms with van der Waals surface area (Å²) in [5.74, 6) is 0. The summed E-state index contributed by atoms with van der Waals surface area (Å²) in [4.78, 5) is 10.5. The molecular weight excluding hydrogens is 162 g/mol. The normalized spacial score (nSPS) is 9.27. The number of carbonyl (C=O) groups is 1. The minimum Gasteiger partial charge on any atom is -0.387 e. The number of hydrogen-bond acceptors (Lipinski definition) is 2. The maximum Gasteiger partial charge on any atom is 0.153 e. The van der Waals surface area contributed by atoms with Crippen LogP contribution >= 0.6 is 11.6 Å². The molecule has 0 aliphatic carbocycles. The molecule has 0 amide bonds. The molecule has 0 aliphatic heterocycles. The monoisotopic (exact) mass is 169 g/mol. The first-order valence-electron chi connectivity index (χ1n) is 3.21. The van der Waals surface area contributed by atoms with Crippen LogP contribution in [-0.2, 0) is 0 Å². The third-order valence-corrected chi connectivity index (χ3v) is 1.77. The van der Waals surface area contributed by atoms with Crippen molar-refractivity contribution in [1.82, 2.24) is 0 Å². The molecule has 1 rings (SSSR count). The highest BCUT2D eigenvalue weighted by molar-refractivity contribution is 6.33. The molecular formula is C8H8ClNO. The first-order chi connectivity index (χ1) is 5.29. The van der Waals surface area contributed by atoms with Gasteiger partial charge in [0.1, 0.15) is 0 Å². The Balaban J connectivity index is 3.24. The summed E-state index contributed by atoms with van der Waals surface area (Å²) in [6.07, 6.45) is 0.744. The van der Waals surface area contributed by atoms with Crippen molar-refractivity contribution in [3.63, 3.8) is 0 Å². The van der Waals surface area contributed by atoms with E-state index in [1.807, 2.05) is 0 Å². The molecule has 0 atom stereocenters. The lowest BCUT2D eigenvalue weighted by Gasteiger charge is -2.03. The van der Waals surface area contributed by atoms with E-state index in [0.29, 0.717) is 10.6 Å². The molecule has 2 nitrogen and oxygen atoms in total. The molecule has 0 aliphatic rings. The van der Waals surface area contributed by atoms with E-state index in [1.54, 1.807) is 25.2 Å². The van der Waals surface area contributed by atoms with E-state index in [9.17, 15) is 4.79 Å². The Morgan fingerprint density at radius 1 is 1.55 bits per heavy atom. The first-order valence-corrected chi connectivity index (χ1v) is 3.59. The van der Waals surface area contributed by atoms with Crippen molar-refractivity contribution < 1.29 is 4.79 Å². The predicted molar refractivity (Wildman–Crippen MR) is 46.4 cm³/mol. The Labute approximate surface area is 70.2 Å². The lowest BCUT2D eigenvalue weighted by atomic mass is 10.2. The summed E-state index contributed by atoms with van der Waals surface area (Å²) in [7, 11) is 1.75. The molecule has 0 unspecified atom stereocenters. The highest BCUT2D eigenvalue weighted by atomic mass is 35.5. The van der Waals surface area contributed by atoms with Gasteiger partial charge in [0.25, 0.3) is 0 Å². The Morgan fingerprint density at radius 2 is 2.27 bits per heavy atom. The van der Waals surface area contributed by atoms with Crippen molar-refractivity contribution in [3.05, 3.63) is 28.8 Å². The summed E-state index contributed by atoms with van der Waals surface area (Å²) in [5, 5.41) is 3.35. The van der Waals surface area contributed by atoms with Crippen molar-refractivity contribution in [1.29, 1.82) is 0 Å². The number of benzene rings is 1. The number of hydrogen-bond donors (Lipinski definition) is 1. The lowest BCUT2D eigenvalue weighted by molar-refractivity contribution is 0.112. The van der Waals surface area contributed by atoms with Crippen LogP contribution < -0.4 is 5.32 Å². The molecule has 0 heterocycles. The summed E-state index contributed by atoms with van der Waals surface area (Å²) >= 11 is 5.74. The van der Waals surface area contributed by atoms with Gasteiger partial charge in [0, 0.05) is 12.7 Å². The van der Waals surface area contributed by atoms with Crippen LogP contribution in [0.4, 0.5) is 5.69 Å². The molecule has 11 heavy (non-hydrogen) atoms.